The summed E-state index contributed by atoms with van der Waals surface area (Å²) in [6.45, 7) is 0.416. The predicted octanol–water partition coefficient (Wildman–Crippen LogP) is 1.48. The molecule has 0 atom stereocenters. The summed E-state index contributed by atoms with van der Waals surface area (Å²) in [5.41, 5.74) is -0.829. The molecule has 0 amide bonds. The minimum absolute atomic E-state index is 0.0203. The number of benzene rings is 1. The van der Waals surface area contributed by atoms with E-state index in [0.29, 0.717) is 6.54 Å². The van der Waals surface area contributed by atoms with Gasteiger partial charge >= 0.3 is 11.7 Å². The normalized spacial score (nSPS) is 15.8. The van der Waals surface area contributed by atoms with Gasteiger partial charge in [0.1, 0.15) is 11.3 Å². The summed E-state index contributed by atoms with van der Waals surface area (Å²) in [7, 11) is 0. The van der Waals surface area contributed by atoms with Crippen LogP contribution < -0.4 is 5.32 Å². The Labute approximate surface area is 109 Å². The van der Waals surface area contributed by atoms with Crippen molar-refractivity contribution in [3.8, 4) is 0 Å². The van der Waals surface area contributed by atoms with Gasteiger partial charge in [-0.3, -0.25) is 10.1 Å². The largest absolute Gasteiger partial charge is 0.477 e. The molecule has 0 saturated heterocycles. The summed E-state index contributed by atoms with van der Waals surface area (Å²) in [6.07, 6.45) is 1.73. The van der Waals surface area contributed by atoms with E-state index in [9.17, 15) is 20.0 Å². The maximum Gasteiger partial charge on any atom is 0.342 e. The van der Waals surface area contributed by atoms with Crippen LogP contribution in [0.1, 0.15) is 23.2 Å². The van der Waals surface area contributed by atoms with Gasteiger partial charge in [-0.15, -0.1) is 0 Å². The molecule has 3 N–H and O–H groups in total. The number of nitro groups is 1. The lowest BCUT2D eigenvalue weighted by Crippen LogP contribution is -2.20. The molecule has 1 aromatic carbocycles. The molecule has 0 heterocycles. The van der Waals surface area contributed by atoms with Gasteiger partial charge < -0.3 is 15.5 Å². The van der Waals surface area contributed by atoms with E-state index in [0.717, 1.165) is 12.8 Å². The molecule has 102 valence electrons. The standard InChI is InChI=1S/C12H14N2O5/c15-7-12(4-5-12)6-13-9-3-1-2-8(11(16)17)10(9)14(18)19/h1-3,13,15H,4-7H2,(H,16,17). The second-order valence-electron chi connectivity index (χ2n) is 4.78. The Hall–Kier alpha value is -2.15. The number of rotatable bonds is 6. The van der Waals surface area contributed by atoms with Crippen LogP contribution in [-0.4, -0.2) is 34.3 Å². The van der Waals surface area contributed by atoms with E-state index in [1.54, 1.807) is 0 Å². The van der Waals surface area contributed by atoms with Gasteiger partial charge in [0, 0.05) is 12.0 Å². The topological polar surface area (TPSA) is 113 Å². The zero-order valence-corrected chi connectivity index (χ0v) is 10.1. The summed E-state index contributed by atoms with van der Waals surface area (Å²) in [5.74, 6) is -1.33. The number of carboxylic acid groups (broad SMARTS) is 1. The third-order valence-corrected chi connectivity index (χ3v) is 3.40. The van der Waals surface area contributed by atoms with Gasteiger partial charge in [-0.05, 0) is 25.0 Å². The number of carboxylic acids is 1. The van der Waals surface area contributed by atoms with Crippen LogP contribution in [0.25, 0.3) is 0 Å². The molecular weight excluding hydrogens is 252 g/mol. The van der Waals surface area contributed by atoms with Crippen molar-refractivity contribution < 1.29 is 19.9 Å². The molecule has 1 aliphatic carbocycles. The van der Waals surface area contributed by atoms with E-state index in [-0.39, 0.29) is 23.3 Å². The van der Waals surface area contributed by atoms with Gasteiger partial charge in [0.05, 0.1) is 11.5 Å². The second-order valence-corrected chi connectivity index (χ2v) is 4.78. The van der Waals surface area contributed by atoms with E-state index in [1.807, 2.05) is 0 Å². The minimum Gasteiger partial charge on any atom is -0.477 e. The van der Waals surface area contributed by atoms with Crippen molar-refractivity contribution in [1.29, 1.82) is 0 Å². The van der Waals surface area contributed by atoms with Crippen molar-refractivity contribution in [2.75, 3.05) is 18.5 Å². The average molecular weight is 266 g/mol. The van der Waals surface area contributed by atoms with E-state index < -0.39 is 16.6 Å². The van der Waals surface area contributed by atoms with Crippen LogP contribution in [0.2, 0.25) is 0 Å². The lowest BCUT2D eigenvalue weighted by molar-refractivity contribution is -0.384. The summed E-state index contributed by atoms with van der Waals surface area (Å²) >= 11 is 0. The molecule has 1 saturated carbocycles. The first-order chi connectivity index (χ1) is 8.99. The number of aromatic carboxylic acids is 1. The van der Waals surface area contributed by atoms with Gasteiger partial charge in [-0.25, -0.2) is 4.79 Å². The predicted molar refractivity (Wildman–Crippen MR) is 67.3 cm³/mol. The highest BCUT2D eigenvalue weighted by Crippen LogP contribution is 2.45. The number of nitro benzene ring substituents is 1. The SMILES string of the molecule is O=C(O)c1cccc(NCC2(CO)CC2)c1[N+](=O)[O-]. The van der Waals surface area contributed by atoms with E-state index in [2.05, 4.69) is 5.32 Å². The quantitative estimate of drug-likeness (QED) is 0.531. The number of hydrogen-bond donors (Lipinski definition) is 3. The fourth-order valence-corrected chi connectivity index (χ4v) is 1.91. The van der Waals surface area contributed by atoms with Gasteiger partial charge in [0.15, 0.2) is 0 Å². The zero-order valence-electron chi connectivity index (χ0n) is 10.1. The van der Waals surface area contributed by atoms with Crippen LogP contribution >= 0.6 is 0 Å². The third kappa shape index (κ3) is 2.65. The Morgan fingerprint density at radius 3 is 2.63 bits per heavy atom. The molecule has 1 aromatic rings. The van der Waals surface area contributed by atoms with E-state index in [4.69, 9.17) is 5.11 Å². The van der Waals surface area contributed by atoms with Crippen LogP contribution in [0.3, 0.4) is 0 Å². The number of anilines is 1. The number of nitrogens with one attached hydrogen (secondary N) is 1. The van der Waals surface area contributed by atoms with Crippen molar-refractivity contribution >= 4 is 17.3 Å². The molecule has 0 aromatic heterocycles. The Morgan fingerprint density at radius 2 is 2.16 bits per heavy atom. The van der Waals surface area contributed by atoms with Crippen molar-refractivity contribution in [3.63, 3.8) is 0 Å². The molecule has 0 spiro atoms. The van der Waals surface area contributed by atoms with Crippen LogP contribution in [-0.2, 0) is 0 Å². The monoisotopic (exact) mass is 266 g/mol. The number of aliphatic hydroxyl groups excluding tert-OH is 1. The smallest absolute Gasteiger partial charge is 0.342 e. The Balaban J connectivity index is 2.26. The lowest BCUT2D eigenvalue weighted by Gasteiger charge is -2.14. The number of para-hydroxylation sites is 1. The van der Waals surface area contributed by atoms with Crippen molar-refractivity contribution in [1.82, 2.24) is 0 Å². The van der Waals surface area contributed by atoms with Crippen LogP contribution in [0, 0.1) is 15.5 Å². The van der Waals surface area contributed by atoms with Gasteiger partial charge in [-0.2, -0.15) is 0 Å². The highest BCUT2D eigenvalue weighted by Gasteiger charge is 2.42. The van der Waals surface area contributed by atoms with Crippen LogP contribution in [0.4, 0.5) is 11.4 Å². The van der Waals surface area contributed by atoms with E-state index >= 15 is 0 Å². The second kappa shape index (κ2) is 4.85. The molecule has 0 radical (unpaired) electrons. The first kappa shape index (κ1) is 13.3. The Bertz CT molecular complexity index is 525. The Morgan fingerprint density at radius 1 is 1.47 bits per heavy atom. The number of aliphatic hydroxyl groups is 1. The zero-order chi connectivity index (χ0) is 14.0. The van der Waals surface area contributed by atoms with Gasteiger partial charge in [0.2, 0.25) is 0 Å². The number of carbonyl (C=O) groups is 1. The molecular formula is C12H14N2O5. The van der Waals surface area contributed by atoms with Gasteiger partial charge in [-0.1, -0.05) is 6.07 Å². The first-order valence-corrected chi connectivity index (χ1v) is 5.84. The minimum atomic E-state index is -1.33. The summed E-state index contributed by atoms with van der Waals surface area (Å²) in [4.78, 5) is 21.3. The fourth-order valence-electron chi connectivity index (χ4n) is 1.91. The molecule has 1 fully saturated rings. The molecule has 1 aliphatic rings. The highest BCUT2D eigenvalue weighted by atomic mass is 16.6. The third-order valence-electron chi connectivity index (χ3n) is 3.40. The molecule has 0 aliphatic heterocycles. The molecule has 19 heavy (non-hydrogen) atoms. The van der Waals surface area contributed by atoms with Crippen molar-refractivity contribution in [2.24, 2.45) is 5.41 Å². The Kier molecular flexibility index (Phi) is 3.39. The molecule has 7 heteroatoms. The van der Waals surface area contributed by atoms with Crippen LogP contribution in [0.5, 0.6) is 0 Å². The molecule has 7 nitrogen and oxygen atoms in total. The molecule has 2 rings (SSSR count). The van der Waals surface area contributed by atoms with Crippen LogP contribution in [0.15, 0.2) is 18.2 Å². The van der Waals surface area contributed by atoms with Crippen molar-refractivity contribution in [3.05, 3.63) is 33.9 Å². The summed E-state index contributed by atoms with van der Waals surface area (Å²) in [6, 6.07) is 4.12. The summed E-state index contributed by atoms with van der Waals surface area (Å²) in [5, 5.41) is 32.0. The number of nitrogens with zero attached hydrogens (tertiary/aromatic N) is 1. The summed E-state index contributed by atoms with van der Waals surface area (Å²) < 4.78 is 0. The molecule has 0 bridgehead atoms. The maximum absolute atomic E-state index is 11.0. The average Bonchev–Trinajstić information content (AvgIpc) is 3.16. The fraction of sp³-hybridized carbons (Fsp3) is 0.417. The first-order valence-electron chi connectivity index (χ1n) is 5.84. The molecule has 0 unspecified atom stereocenters. The van der Waals surface area contributed by atoms with Crippen molar-refractivity contribution in [2.45, 2.75) is 12.8 Å². The van der Waals surface area contributed by atoms with E-state index in [1.165, 1.54) is 18.2 Å². The number of hydrogen-bond acceptors (Lipinski definition) is 5. The van der Waals surface area contributed by atoms with Gasteiger partial charge in [0.25, 0.3) is 0 Å². The maximum atomic E-state index is 11.0. The lowest BCUT2D eigenvalue weighted by atomic mass is 10.1. The highest BCUT2D eigenvalue weighted by molar-refractivity contribution is 5.95.